The van der Waals surface area contributed by atoms with Crippen LogP contribution in [0.4, 0.5) is 11.6 Å². The van der Waals surface area contributed by atoms with Crippen molar-refractivity contribution in [3.05, 3.63) is 46.2 Å². The van der Waals surface area contributed by atoms with Crippen LogP contribution < -0.4 is 15.5 Å². The molecule has 2 aliphatic rings. The summed E-state index contributed by atoms with van der Waals surface area (Å²) in [4.78, 5) is 25.3. The number of piperidine rings is 2. The summed E-state index contributed by atoms with van der Waals surface area (Å²) in [6, 6.07) is 7.56. The van der Waals surface area contributed by atoms with Crippen LogP contribution in [-0.2, 0) is 4.79 Å². The Morgan fingerprint density at radius 2 is 1.95 bits per heavy atom. The van der Waals surface area contributed by atoms with Crippen molar-refractivity contribution in [3.8, 4) is 0 Å². The molecule has 38 heavy (non-hydrogen) atoms. The maximum absolute atomic E-state index is 11.2. The van der Waals surface area contributed by atoms with Crippen molar-refractivity contribution in [2.24, 2.45) is 11.8 Å². The SMILES string of the molecule is CC(=O)NCCN1CCC[C@H](C2CCN(c3cc(N[C@H](C)c4ccc(Cl)cc4Cl)n4ncnc4n3)CC2)C1. The van der Waals surface area contributed by atoms with Gasteiger partial charge in [-0.25, -0.2) is 0 Å². The summed E-state index contributed by atoms with van der Waals surface area (Å²) in [5, 5.41) is 12.1. The lowest BCUT2D eigenvalue weighted by atomic mass is 9.79. The fourth-order valence-corrected chi connectivity index (χ4v) is 6.46. The van der Waals surface area contributed by atoms with Crippen LogP contribution in [0, 0.1) is 11.8 Å². The Hall–Kier alpha value is -2.62. The molecule has 2 saturated heterocycles. The zero-order valence-electron chi connectivity index (χ0n) is 22.0. The van der Waals surface area contributed by atoms with Gasteiger partial charge in [-0.15, -0.1) is 0 Å². The number of carbonyl (C=O) groups excluding carboxylic acids is 1. The summed E-state index contributed by atoms with van der Waals surface area (Å²) < 4.78 is 1.73. The summed E-state index contributed by atoms with van der Waals surface area (Å²) in [6.45, 7) is 9.53. The molecular formula is C27H36Cl2N8O. The minimum absolute atomic E-state index is 0.0467. The summed E-state index contributed by atoms with van der Waals surface area (Å²) >= 11 is 12.6. The molecule has 1 aromatic carbocycles. The van der Waals surface area contributed by atoms with Crippen molar-refractivity contribution < 1.29 is 4.79 Å². The highest BCUT2D eigenvalue weighted by atomic mass is 35.5. The minimum atomic E-state index is -0.0620. The van der Waals surface area contributed by atoms with Gasteiger partial charge in [0.05, 0.1) is 6.04 Å². The van der Waals surface area contributed by atoms with Crippen LogP contribution in [0.1, 0.15) is 51.1 Å². The van der Waals surface area contributed by atoms with Crippen molar-refractivity contribution >= 4 is 46.5 Å². The molecule has 204 valence electrons. The van der Waals surface area contributed by atoms with Crippen LogP contribution in [0.2, 0.25) is 10.0 Å². The van der Waals surface area contributed by atoms with Gasteiger partial charge in [-0.3, -0.25) is 4.79 Å². The Balaban J connectivity index is 1.23. The van der Waals surface area contributed by atoms with E-state index in [4.69, 9.17) is 28.2 Å². The number of fused-ring (bicyclic) bond motifs is 1. The number of amides is 1. The van der Waals surface area contributed by atoms with Gasteiger partial charge in [0.25, 0.3) is 5.78 Å². The van der Waals surface area contributed by atoms with E-state index in [1.807, 2.05) is 12.1 Å². The maximum Gasteiger partial charge on any atom is 0.256 e. The Morgan fingerprint density at radius 3 is 2.71 bits per heavy atom. The number of anilines is 2. The number of nitrogens with one attached hydrogen (secondary N) is 2. The fraction of sp³-hybridized carbons (Fsp3) is 0.556. The van der Waals surface area contributed by atoms with Gasteiger partial charge in [-0.1, -0.05) is 29.3 Å². The van der Waals surface area contributed by atoms with Crippen LogP contribution in [0.5, 0.6) is 0 Å². The first-order chi connectivity index (χ1) is 18.4. The second-order valence-corrected chi connectivity index (χ2v) is 11.4. The zero-order valence-corrected chi connectivity index (χ0v) is 23.5. The maximum atomic E-state index is 11.2. The van der Waals surface area contributed by atoms with Crippen LogP contribution in [-0.4, -0.2) is 69.7 Å². The lowest BCUT2D eigenvalue weighted by molar-refractivity contribution is -0.119. The smallest absolute Gasteiger partial charge is 0.256 e. The third-order valence-corrected chi connectivity index (χ3v) is 8.47. The van der Waals surface area contributed by atoms with Crippen LogP contribution in [0.15, 0.2) is 30.6 Å². The largest absolute Gasteiger partial charge is 0.363 e. The van der Waals surface area contributed by atoms with E-state index in [9.17, 15) is 4.79 Å². The molecule has 11 heteroatoms. The molecule has 0 spiro atoms. The van der Waals surface area contributed by atoms with Crippen LogP contribution >= 0.6 is 23.2 Å². The summed E-state index contributed by atoms with van der Waals surface area (Å²) in [5.41, 5.74) is 0.960. The molecule has 4 heterocycles. The van der Waals surface area contributed by atoms with Gasteiger partial charge in [-0.2, -0.15) is 19.6 Å². The minimum Gasteiger partial charge on any atom is -0.363 e. The monoisotopic (exact) mass is 558 g/mol. The van der Waals surface area contributed by atoms with Crippen molar-refractivity contribution in [1.82, 2.24) is 29.8 Å². The highest BCUT2D eigenvalue weighted by molar-refractivity contribution is 6.35. The average molecular weight is 560 g/mol. The normalized spacial score (nSPS) is 20.0. The number of carbonyl (C=O) groups is 1. The molecule has 0 radical (unpaired) electrons. The average Bonchev–Trinajstić information content (AvgIpc) is 3.38. The Bertz CT molecular complexity index is 1260. The zero-order chi connectivity index (χ0) is 26.6. The van der Waals surface area contributed by atoms with Gasteiger partial charge in [0.2, 0.25) is 5.91 Å². The molecular weight excluding hydrogens is 523 g/mol. The van der Waals surface area contributed by atoms with E-state index >= 15 is 0 Å². The molecule has 2 aromatic heterocycles. The van der Waals surface area contributed by atoms with Gasteiger partial charge in [0, 0.05) is 55.8 Å². The molecule has 2 fully saturated rings. The molecule has 5 rings (SSSR count). The molecule has 0 aliphatic carbocycles. The number of hydrogen-bond donors (Lipinski definition) is 2. The lowest BCUT2D eigenvalue weighted by Gasteiger charge is -2.41. The highest BCUT2D eigenvalue weighted by Crippen LogP contribution is 2.34. The molecule has 1 amide bonds. The van der Waals surface area contributed by atoms with Gasteiger partial charge >= 0.3 is 0 Å². The van der Waals surface area contributed by atoms with Gasteiger partial charge in [0.15, 0.2) is 0 Å². The van der Waals surface area contributed by atoms with Gasteiger partial charge in [0.1, 0.15) is 18.0 Å². The second kappa shape index (κ2) is 12.1. The number of rotatable bonds is 8. The third kappa shape index (κ3) is 6.33. The quantitative estimate of drug-likeness (QED) is 0.415. The van der Waals surface area contributed by atoms with E-state index in [0.29, 0.717) is 15.8 Å². The van der Waals surface area contributed by atoms with Gasteiger partial charge in [-0.05, 0) is 68.7 Å². The van der Waals surface area contributed by atoms with Crippen molar-refractivity contribution in [1.29, 1.82) is 0 Å². The summed E-state index contributed by atoms with van der Waals surface area (Å²) in [6.07, 6.45) is 6.38. The summed E-state index contributed by atoms with van der Waals surface area (Å²) in [7, 11) is 0. The van der Waals surface area contributed by atoms with E-state index in [2.05, 4.69) is 43.5 Å². The molecule has 2 aliphatic heterocycles. The standard InChI is InChI=1S/C27H36Cl2N8O/c1-18(23-6-5-22(28)14-24(23)29)33-26-15-25(34-27-31-17-32-37(26)27)36-11-7-20(8-12-36)21-4-3-10-35(16-21)13-9-30-19(2)38/h5-6,14-15,17-18,20-21,33H,3-4,7-13,16H2,1-2H3,(H,30,38)/t18-,21+/m1/s1. The van der Waals surface area contributed by atoms with E-state index in [0.717, 1.165) is 81.1 Å². The number of likely N-dealkylation sites (tertiary alicyclic amines) is 1. The number of benzene rings is 1. The first kappa shape index (κ1) is 27.0. The Morgan fingerprint density at radius 1 is 1.13 bits per heavy atom. The Kier molecular flexibility index (Phi) is 8.55. The number of hydrogen-bond acceptors (Lipinski definition) is 7. The first-order valence-electron chi connectivity index (χ1n) is 13.5. The molecule has 9 nitrogen and oxygen atoms in total. The van der Waals surface area contributed by atoms with E-state index in [-0.39, 0.29) is 11.9 Å². The predicted molar refractivity (Wildman–Crippen MR) is 152 cm³/mol. The summed E-state index contributed by atoms with van der Waals surface area (Å²) in [5.74, 6) is 3.80. The number of halogens is 2. The highest BCUT2D eigenvalue weighted by Gasteiger charge is 2.31. The second-order valence-electron chi connectivity index (χ2n) is 10.5. The van der Waals surface area contributed by atoms with Crippen molar-refractivity contribution in [3.63, 3.8) is 0 Å². The fourth-order valence-electron chi connectivity index (χ4n) is 5.89. The third-order valence-electron chi connectivity index (χ3n) is 7.91. The Labute approximate surface area is 233 Å². The number of aromatic nitrogens is 4. The van der Waals surface area contributed by atoms with E-state index in [1.165, 1.54) is 19.2 Å². The van der Waals surface area contributed by atoms with Crippen molar-refractivity contribution in [2.75, 3.05) is 49.5 Å². The predicted octanol–water partition coefficient (Wildman–Crippen LogP) is 4.67. The first-order valence-corrected chi connectivity index (χ1v) is 14.3. The molecule has 0 unspecified atom stereocenters. The molecule has 2 atom stereocenters. The number of nitrogens with zero attached hydrogens (tertiary/aromatic N) is 6. The lowest BCUT2D eigenvalue weighted by Crippen LogP contribution is -2.44. The topological polar surface area (TPSA) is 90.7 Å². The van der Waals surface area contributed by atoms with E-state index < -0.39 is 0 Å². The molecule has 0 bridgehead atoms. The van der Waals surface area contributed by atoms with Crippen LogP contribution in [0.3, 0.4) is 0 Å². The van der Waals surface area contributed by atoms with Crippen molar-refractivity contribution in [2.45, 2.75) is 45.6 Å². The van der Waals surface area contributed by atoms with Crippen LogP contribution in [0.25, 0.3) is 5.78 Å². The molecule has 2 N–H and O–H groups in total. The molecule has 3 aromatic rings. The van der Waals surface area contributed by atoms with Gasteiger partial charge < -0.3 is 20.4 Å². The molecule has 0 saturated carbocycles. The van der Waals surface area contributed by atoms with E-state index in [1.54, 1.807) is 17.5 Å².